The van der Waals surface area contributed by atoms with Gasteiger partial charge in [-0.15, -0.1) is 0 Å². The minimum absolute atomic E-state index is 0.0672. The maximum absolute atomic E-state index is 11.9. The Morgan fingerprint density at radius 2 is 2.28 bits per heavy atom. The predicted octanol–water partition coefficient (Wildman–Crippen LogP) is 1.06. The quantitative estimate of drug-likeness (QED) is 0.746. The number of carbonyl (C=O) groups is 2. The predicted molar refractivity (Wildman–Crippen MR) is 66.5 cm³/mol. The van der Waals surface area contributed by atoms with Crippen LogP contribution in [0.3, 0.4) is 0 Å². The summed E-state index contributed by atoms with van der Waals surface area (Å²) in [4.78, 5) is 24.0. The Balaban J connectivity index is 2.44. The first kappa shape index (κ1) is 14.8. The zero-order valence-electron chi connectivity index (χ0n) is 11.0. The van der Waals surface area contributed by atoms with Crippen LogP contribution in [0.15, 0.2) is 0 Å². The molecule has 2 unspecified atom stereocenters. The van der Waals surface area contributed by atoms with E-state index in [1.165, 1.54) is 4.90 Å². The van der Waals surface area contributed by atoms with Crippen LogP contribution in [0.2, 0.25) is 0 Å². The summed E-state index contributed by atoms with van der Waals surface area (Å²) in [6.45, 7) is 4.68. The van der Waals surface area contributed by atoms with Gasteiger partial charge in [-0.2, -0.15) is 0 Å². The first-order valence-corrected chi connectivity index (χ1v) is 6.42. The molecule has 0 aromatic rings. The van der Waals surface area contributed by atoms with Crippen molar-refractivity contribution >= 4 is 12.0 Å². The van der Waals surface area contributed by atoms with Crippen molar-refractivity contribution in [2.45, 2.75) is 45.3 Å². The van der Waals surface area contributed by atoms with Gasteiger partial charge in [0.25, 0.3) is 0 Å². The fraction of sp³-hybridized carbons (Fsp3) is 0.833. The number of ether oxygens (including phenoxy) is 1. The van der Waals surface area contributed by atoms with Crippen molar-refractivity contribution in [3.63, 3.8) is 0 Å². The number of carboxylic acid groups (broad SMARTS) is 1. The summed E-state index contributed by atoms with van der Waals surface area (Å²) < 4.78 is 5.40. The smallest absolute Gasteiger partial charge is 0.323 e. The highest BCUT2D eigenvalue weighted by molar-refractivity contribution is 5.80. The second kappa shape index (κ2) is 7.20. The van der Waals surface area contributed by atoms with Gasteiger partial charge in [-0.25, -0.2) is 4.79 Å². The molecule has 0 bridgehead atoms. The highest BCUT2D eigenvalue weighted by atomic mass is 16.5. The van der Waals surface area contributed by atoms with E-state index in [4.69, 9.17) is 9.84 Å². The lowest BCUT2D eigenvalue weighted by Gasteiger charge is -2.27. The number of carboxylic acids is 1. The van der Waals surface area contributed by atoms with E-state index in [9.17, 15) is 9.59 Å². The first-order valence-electron chi connectivity index (χ1n) is 6.42. The number of hydrogen-bond acceptors (Lipinski definition) is 3. The molecule has 0 aliphatic carbocycles. The molecule has 6 nitrogen and oxygen atoms in total. The van der Waals surface area contributed by atoms with Crippen molar-refractivity contribution in [1.82, 2.24) is 10.2 Å². The Labute approximate surface area is 107 Å². The molecule has 18 heavy (non-hydrogen) atoms. The van der Waals surface area contributed by atoms with Gasteiger partial charge in [-0.05, 0) is 26.2 Å². The molecule has 1 aliphatic rings. The van der Waals surface area contributed by atoms with Crippen molar-refractivity contribution in [1.29, 1.82) is 0 Å². The number of aliphatic carboxylic acids is 1. The summed E-state index contributed by atoms with van der Waals surface area (Å²) >= 11 is 0. The van der Waals surface area contributed by atoms with E-state index in [1.54, 1.807) is 0 Å². The maximum atomic E-state index is 11.9. The largest absolute Gasteiger partial charge is 0.480 e. The van der Waals surface area contributed by atoms with E-state index >= 15 is 0 Å². The molecule has 1 heterocycles. The number of rotatable bonds is 6. The van der Waals surface area contributed by atoms with E-state index in [0.29, 0.717) is 6.54 Å². The Kier molecular flexibility index (Phi) is 5.91. The van der Waals surface area contributed by atoms with Gasteiger partial charge >= 0.3 is 12.0 Å². The molecule has 1 fully saturated rings. The van der Waals surface area contributed by atoms with E-state index in [2.05, 4.69) is 5.32 Å². The molecular formula is C12H22N2O4. The van der Waals surface area contributed by atoms with Gasteiger partial charge in [0.05, 0.1) is 6.10 Å². The van der Waals surface area contributed by atoms with Crippen LogP contribution >= 0.6 is 0 Å². The molecule has 0 aromatic carbocycles. The van der Waals surface area contributed by atoms with Crippen LogP contribution in [-0.2, 0) is 9.53 Å². The van der Waals surface area contributed by atoms with Crippen LogP contribution < -0.4 is 5.32 Å². The zero-order valence-corrected chi connectivity index (χ0v) is 11.0. The number of urea groups is 1. The Bertz CT molecular complexity index is 290. The third-order valence-corrected chi connectivity index (χ3v) is 3.19. The van der Waals surface area contributed by atoms with Gasteiger partial charge in [0.15, 0.2) is 0 Å². The minimum atomic E-state index is -0.998. The van der Waals surface area contributed by atoms with Crippen molar-refractivity contribution < 1.29 is 19.4 Å². The molecule has 1 rings (SSSR count). The molecule has 104 valence electrons. The lowest BCUT2D eigenvalue weighted by Crippen LogP contribution is -2.48. The Morgan fingerprint density at radius 3 is 2.78 bits per heavy atom. The molecule has 2 amide bonds. The summed E-state index contributed by atoms with van der Waals surface area (Å²) in [6, 6.07) is -0.423. The maximum Gasteiger partial charge on any atom is 0.323 e. The van der Waals surface area contributed by atoms with Gasteiger partial charge in [0.1, 0.15) is 6.54 Å². The summed E-state index contributed by atoms with van der Waals surface area (Å²) in [5.74, 6) is -0.998. The highest BCUT2D eigenvalue weighted by Crippen LogP contribution is 2.11. The molecule has 1 saturated heterocycles. The molecular weight excluding hydrogens is 236 g/mol. The topological polar surface area (TPSA) is 78.9 Å². The van der Waals surface area contributed by atoms with Gasteiger partial charge in [-0.3, -0.25) is 4.79 Å². The zero-order chi connectivity index (χ0) is 13.5. The average Bonchev–Trinajstić information content (AvgIpc) is 2.85. The third kappa shape index (κ3) is 4.52. The molecule has 0 saturated carbocycles. The fourth-order valence-electron chi connectivity index (χ4n) is 1.90. The highest BCUT2D eigenvalue weighted by Gasteiger charge is 2.23. The van der Waals surface area contributed by atoms with Crippen LogP contribution in [0.25, 0.3) is 0 Å². The van der Waals surface area contributed by atoms with Crippen molar-refractivity contribution in [2.24, 2.45) is 0 Å². The molecule has 2 N–H and O–H groups in total. The van der Waals surface area contributed by atoms with Gasteiger partial charge in [-0.1, -0.05) is 6.92 Å². The van der Waals surface area contributed by atoms with Gasteiger partial charge in [0.2, 0.25) is 0 Å². The first-order chi connectivity index (χ1) is 8.54. The van der Waals surface area contributed by atoms with Gasteiger partial charge < -0.3 is 20.1 Å². The van der Waals surface area contributed by atoms with Crippen LogP contribution in [0.4, 0.5) is 4.79 Å². The number of hydrogen-bond donors (Lipinski definition) is 2. The van der Waals surface area contributed by atoms with Crippen molar-refractivity contribution in [2.75, 3.05) is 19.7 Å². The summed E-state index contributed by atoms with van der Waals surface area (Å²) in [6.07, 6.45) is 2.76. The Morgan fingerprint density at radius 1 is 1.56 bits per heavy atom. The van der Waals surface area contributed by atoms with Gasteiger partial charge in [0, 0.05) is 19.2 Å². The Hall–Kier alpha value is -1.30. The molecule has 1 aliphatic heterocycles. The monoisotopic (exact) mass is 258 g/mol. The SMILES string of the molecule is CCC(C)N(CC(=O)O)C(=O)NCC1CCCO1. The third-order valence-electron chi connectivity index (χ3n) is 3.19. The number of carbonyl (C=O) groups excluding carboxylic acids is 1. The van der Waals surface area contributed by atoms with Crippen molar-refractivity contribution in [3.8, 4) is 0 Å². The molecule has 2 atom stereocenters. The lowest BCUT2D eigenvalue weighted by molar-refractivity contribution is -0.138. The standard InChI is InChI=1S/C12H22N2O4/c1-3-9(2)14(8-11(15)16)12(17)13-7-10-5-4-6-18-10/h9-10H,3-8H2,1-2H3,(H,13,17)(H,15,16). The summed E-state index contributed by atoms with van der Waals surface area (Å²) in [5.41, 5.74) is 0. The second-order valence-electron chi connectivity index (χ2n) is 4.60. The number of amides is 2. The average molecular weight is 258 g/mol. The van der Waals surface area contributed by atoms with Crippen molar-refractivity contribution in [3.05, 3.63) is 0 Å². The summed E-state index contributed by atoms with van der Waals surface area (Å²) in [7, 11) is 0. The molecule has 0 aromatic heterocycles. The molecule has 6 heteroatoms. The van der Waals surface area contributed by atoms with E-state index in [-0.39, 0.29) is 24.7 Å². The van der Waals surface area contributed by atoms with Crippen LogP contribution in [0, 0.1) is 0 Å². The number of nitrogens with zero attached hydrogens (tertiary/aromatic N) is 1. The summed E-state index contributed by atoms with van der Waals surface area (Å²) in [5, 5.41) is 11.6. The fourth-order valence-corrected chi connectivity index (χ4v) is 1.90. The molecule has 0 spiro atoms. The minimum Gasteiger partial charge on any atom is -0.480 e. The van der Waals surface area contributed by atoms with E-state index in [0.717, 1.165) is 25.9 Å². The molecule has 0 radical (unpaired) electrons. The lowest BCUT2D eigenvalue weighted by atomic mass is 10.2. The van der Waals surface area contributed by atoms with Crippen LogP contribution in [-0.4, -0.2) is 53.8 Å². The van der Waals surface area contributed by atoms with Crippen LogP contribution in [0.5, 0.6) is 0 Å². The van der Waals surface area contributed by atoms with Crippen LogP contribution in [0.1, 0.15) is 33.1 Å². The second-order valence-corrected chi connectivity index (χ2v) is 4.60. The number of nitrogens with one attached hydrogen (secondary N) is 1. The van der Waals surface area contributed by atoms with E-state index < -0.39 is 5.97 Å². The van der Waals surface area contributed by atoms with E-state index in [1.807, 2.05) is 13.8 Å². The normalized spacial score (nSPS) is 20.4.